The van der Waals surface area contributed by atoms with Gasteiger partial charge >= 0.3 is 6.03 Å². The maximum atomic E-state index is 12.7. The van der Waals surface area contributed by atoms with E-state index in [1.807, 2.05) is 0 Å². The summed E-state index contributed by atoms with van der Waals surface area (Å²) in [6, 6.07) is 5.80. The number of urea groups is 1. The minimum Gasteiger partial charge on any atom is -0.383 e. The van der Waals surface area contributed by atoms with Gasteiger partial charge < -0.3 is 19.9 Å². The number of nitrogens with two attached hydrogens (primary N) is 1. The minimum atomic E-state index is -3.81. The van der Waals surface area contributed by atoms with E-state index < -0.39 is 10.0 Å². The Balaban J connectivity index is 2.11. The van der Waals surface area contributed by atoms with Gasteiger partial charge in [-0.25, -0.2) is 18.4 Å². The first kappa shape index (κ1) is 19.6. The standard InChI is InChI=1S/C16H26N4O4S/c1-19-8-6-14(7-9-19)20(10-11-24-2)16(21)18-13-4-3-5-15(12-13)25(17,22)23/h3-5,12,14H,6-11H2,1-2H3,(H,18,21)(H2,17,22,23). The van der Waals surface area contributed by atoms with E-state index in [0.717, 1.165) is 25.9 Å². The molecular formula is C16H26N4O4S. The summed E-state index contributed by atoms with van der Waals surface area (Å²) in [5.74, 6) is 0. The number of benzene rings is 1. The molecule has 1 aromatic rings. The molecule has 1 aliphatic heterocycles. The maximum Gasteiger partial charge on any atom is 0.322 e. The zero-order valence-electron chi connectivity index (χ0n) is 14.6. The second kappa shape index (κ2) is 8.61. The van der Waals surface area contributed by atoms with Crippen molar-refractivity contribution in [2.24, 2.45) is 5.14 Å². The SMILES string of the molecule is COCCN(C(=O)Nc1cccc(S(N)(=O)=O)c1)C1CCN(C)CC1. The van der Waals surface area contributed by atoms with Crippen LogP contribution in [0.25, 0.3) is 0 Å². The van der Waals surface area contributed by atoms with Crippen molar-refractivity contribution >= 4 is 21.7 Å². The molecule has 8 nitrogen and oxygen atoms in total. The summed E-state index contributed by atoms with van der Waals surface area (Å²) in [5.41, 5.74) is 0.395. The second-order valence-corrected chi connectivity index (χ2v) is 7.79. The van der Waals surface area contributed by atoms with Crippen LogP contribution in [-0.2, 0) is 14.8 Å². The van der Waals surface area contributed by atoms with E-state index in [1.165, 1.54) is 12.1 Å². The number of carbonyl (C=O) groups excluding carboxylic acids is 1. The Bertz CT molecular complexity index is 687. The number of nitrogens with zero attached hydrogens (tertiary/aromatic N) is 2. The summed E-state index contributed by atoms with van der Waals surface area (Å²) >= 11 is 0. The van der Waals surface area contributed by atoms with Crippen molar-refractivity contribution in [3.63, 3.8) is 0 Å². The molecule has 25 heavy (non-hydrogen) atoms. The van der Waals surface area contributed by atoms with Gasteiger partial charge in [0.1, 0.15) is 0 Å². The number of hydrogen-bond acceptors (Lipinski definition) is 5. The Morgan fingerprint density at radius 3 is 2.68 bits per heavy atom. The van der Waals surface area contributed by atoms with Gasteiger partial charge in [-0.05, 0) is 51.2 Å². The molecule has 2 rings (SSSR count). The quantitative estimate of drug-likeness (QED) is 0.774. The van der Waals surface area contributed by atoms with Gasteiger partial charge in [0.15, 0.2) is 0 Å². The lowest BCUT2D eigenvalue weighted by Gasteiger charge is -2.37. The number of ether oxygens (including phenoxy) is 1. The summed E-state index contributed by atoms with van der Waals surface area (Å²) in [4.78, 5) is 16.7. The number of nitrogens with one attached hydrogen (secondary N) is 1. The van der Waals surface area contributed by atoms with Crippen LogP contribution in [0.15, 0.2) is 29.2 Å². The molecule has 2 amide bonds. The number of rotatable bonds is 6. The van der Waals surface area contributed by atoms with Crippen molar-refractivity contribution in [2.75, 3.05) is 45.7 Å². The Morgan fingerprint density at radius 1 is 1.40 bits per heavy atom. The van der Waals surface area contributed by atoms with Crippen molar-refractivity contribution in [1.82, 2.24) is 9.80 Å². The smallest absolute Gasteiger partial charge is 0.322 e. The van der Waals surface area contributed by atoms with Crippen LogP contribution in [0.1, 0.15) is 12.8 Å². The lowest BCUT2D eigenvalue weighted by Crippen LogP contribution is -2.49. The fourth-order valence-corrected chi connectivity index (χ4v) is 3.45. The summed E-state index contributed by atoms with van der Waals surface area (Å²) < 4.78 is 28.0. The van der Waals surface area contributed by atoms with Crippen LogP contribution in [0.3, 0.4) is 0 Å². The van der Waals surface area contributed by atoms with Crippen LogP contribution in [-0.4, -0.2) is 70.7 Å². The lowest BCUT2D eigenvalue weighted by atomic mass is 10.0. The van der Waals surface area contributed by atoms with Crippen molar-refractivity contribution in [3.05, 3.63) is 24.3 Å². The van der Waals surface area contributed by atoms with Gasteiger partial charge in [-0.2, -0.15) is 0 Å². The van der Waals surface area contributed by atoms with Crippen LogP contribution in [0.2, 0.25) is 0 Å². The van der Waals surface area contributed by atoms with Crippen molar-refractivity contribution in [2.45, 2.75) is 23.8 Å². The second-order valence-electron chi connectivity index (χ2n) is 6.22. The fourth-order valence-electron chi connectivity index (χ4n) is 2.89. The molecule has 1 fully saturated rings. The van der Waals surface area contributed by atoms with Crippen LogP contribution in [0.4, 0.5) is 10.5 Å². The number of likely N-dealkylation sites (tertiary alicyclic amines) is 1. The van der Waals surface area contributed by atoms with E-state index in [-0.39, 0.29) is 17.0 Å². The Kier molecular flexibility index (Phi) is 6.77. The van der Waals surface area contributed by atoms with E-state index in [9.17, 15) is 13.2 Å². The van der Waals surface area contributed by atoms with Gasteiger partial charge in [0.25, 0.3) is 0 Å². The molecule has 3 N–H and O–H groups in total. The maximum absolute atomic E-state index is 12.7. The van der Waals surface area contributed by atoms with Crippen LogP contribution >= 0.6 is 0 Å². The van der Waals surface area contributed by atoms with Crippen LogP contribution < -0.4 is 10.5 Å². The summed E-state index contributed by atoms with van der Waals surface area (Å²) in [7, 11) is -0.151. The third kappa shape index (κ3) is 5.67. The molecule has 1 heterocycles. The highest BCUT2D eigenvalue weighted by atomic mass is 32.2. The number of primary sulfonamides is 1. The fraction of sp³-hybridized carbons (Fsp3) is 0.562. The molecule has 0 aliphatic carbocycles. The number of anilines is 1. The largest absolute Gasteiger partial charge is 0.383 e. The van der Waals surface area contributed by atoms with Crippen molar-refractivity contribution < 1.29 is 17.9 Å². The number of sulfonamides is 1. The van der Waals surface area contributed by atoms with Crippen LogP contribution in [0, 0.1) is 0 Å². The first-order valence-corrected chi connectivity index (χ1v) is 9.74. The molecule has 0 radical (unpaired) electrons. The Hall–Kier alpha value is -1.68. The predicted octanol–water partition coefficient (Wildman–Crippen LogP) is 0.909. The average molecular weight is 370 g/mol. The lowest BCUT2D eigenvalue weighted by molar-refractivity contribution is 0.108. The van der Waals surface area contributed by atoms with Gasteiger partial charge in [0.2, 0.25) is 10.0 Å². The predicted molar refractivity (Wildman–Crippen MR) is 95.9 cm³/mol. The average Bonchev–Trinajstić information content (AvgIpc) is 2.56. The molecule has 0 saturated carbocycles. The molecule has 1 aliphatic rings. The first-order valence-electron chi connectivity index (χ1n) is 8.19. The highest BCUT2D eigenvalue weighted by Crippen LogP contribution is 2.19. The molecule has 140 valence electrons. The van der Waals surface area contributed by atoms with Gasteiger partial charge in [-0.15, -0.1) is 0 Å². The Morgan fingerprint density at radius 2 is 2.08 bits per heavy atom. The third-order valence-electron chi connectivity index (χ3n) is 4.34. The van der Waals surface area contributed by atoms with E-state index in [1.54, 1.807) is 24.1 Å². The zero-order chi connectivity index (χ0) is 18.4. The molecule has 1 aromatic carbocycles. The third-order valence-corrected chi connectivity index (χ3v) is 5.25. The van der Waals surface area contributed by atoms with Crippen molar-refractivity contribution in [3.8, 4) is 0 Å². The molecule has 0 bridgehead atoms. The summed E-state index contributed by atoms with van der Waals surface area (Å²) in [6.07, 6.45) is 1.79. The highest BCUT2D eigenvalue weighted by Gasteiger charge is 2.27. The molecule has 0 atom stereocenters. The molecule has 0 unspecified atom stereocenters. The van der Waals surface area contributed by atoms with E-state index in [4.69, 9.17) is 9.88 Å². The van der Waals surface area contributed by atoms with Crippen molar-refractivity contribution in [1.29, 1.82) is 0 Å². The van der Waals surface area contributed by atoms with Crippen LogP contribution in [0.5, 0.6) is 0 Å². The van der Waals surface area contributed by atoms with E-state index in [2.05, 4.69) is 17.3 Å². The highest BCUT2D eigenvalue weighted by molar-refractivity contribution is 7.89. The van der Waals surface area contributed by atoms with Gasteiger partial charge in [-0.3, -0.25) is 0 Å². The molecule has 1 saturated heterocycles. The van der Waals surface area contributed by atoms with Gasteiger partial charge in [0.05, 0.1) is 11.5 Å². The number of methoxy groups -OCH3 is 1. The molecule has 9 heteroatoms. The summed E-state index contributed by atoms with van der Waals surface area (Å²) in [6.45, 7) is 2.78. The first-order chi connectivity index (χ1) is 11.8. The summed E-state index contributed by atoms with van der Waals surface area (Å²) in [5, 5.41) is 7.91. The number of hydrogen-bond donors (Lipinski definition) is 2. The minimum absolute atomic E-state index is 0.0342. The monoisotopic (exact) mass is 370 g/mol. The number of amides is 2. The number of piperidine rings is 1. The van der Waals surface area contributed by atoms with Gasteiger partial charge in [0, 0.05) is 25.4 Å². The van der Waals surface area contributed by atoms with Gasteiger partial charge in [-0.1, -0.05) is 6.07 Å². The Labute approximate surface area is 149 Å². The molecule has 0 spiro atoms. The normalized spacial score (nSPS) is 16.6. The van der Waals surface area contributed by atoms with E-state index in [0.29, 0.717) is 18.8 Å². The topological polar surface area (TPSA) is 105 Å². The molecule has 0 aromatic heterocycles. The van der Waals surface area contributed by atoms with E-state index >= 15 is 0 Å². The number of carbonyl (C=O) groups is 1. The zero-order valence-corrected chi connectivity index (χ0v) is 15.5. The molecular weight excluding hydrogens is 344 g/mol.